The van der Waals surface area contributed by atoms with E-state index in [9.17, 15) is 19.8 Å². The molecule has 0 aromatic heterocycles. The van der Waals surface area contributed by atoms with E-state index >= 15 is 0 Å². The normalized spacial score (nSPS) is 9.70. The molecule has 0 heterocycles. The van der Waals surface area contributed by atoms with Gasteiger partial charge in [0.25, 0.3) is 0 Å². The summed E-state index contributed by atoms with van der Waals surface area (Å²) in [5, 5.41) is 20.5. The number of rotatable bonds is 14. The number of carbonyl (C=O) groups excluding carboxylic acids is 2. The smallest absolute Gasteiger partial charge is 0.0786 e. The van der Waals surface area contributed by atoms with Crippen molar-refractivity contribution in [2.24, 2.45) is 0 Å². The fourth-order valence-electron chi connectivity index (χ4n) is 4.01. The summed E-state index contributed by atoms with van der Waals surface area (Å²) in [4.78, 5) is 20.5. The van der Waals surface area contributed by atoms with Crippen LogP contribution < -0.4 is 21.7 Å². The van der Waals surface area contributed by atoms with E-state index in [2.05, 4.69) is 27.7 Å². The second kappa shape index (κ2) is 26.7. The predicted molar refractivity (Wildman–Crippen MR) is 151 cm³/mol. The second-order valence-electron chi connectivity index (χ2n) is 9.40. The molecule has 0 spiro atoms. The third-order valence-corrected chi connectivity index (χ3v) is 6.31. The van der Waals surface area contributed by atoms with Crippen LogP contribution in [0.3, 0.4) is 0 Å². The molecule has 0 amide bonds. The molecular weight excluding hydrogens is 549 g/mol. The molecule has 4 N–H and O–H groups in total. The van der Waals surface area contributed by atoms with Crippen LogP contribution in [0.1, 0.15) is 99.8 Å². The molecular formula is C30H48N3O6V-5. The third kappa shape index (κ3) is 18.7. The summed E-state index contributed by atoms with van der Waals surface area (Å²) in [5.74, 6) is -2.48. The number of anilines is 2. The number of aromatic carboxylic acids is 2. The molecule has 0 bridgehead atoms. The number of hydrogen-bond donors (Lipinski definition) is 2. The van der Waals surface area contributed by atoms with Crippen molar-refractivity contribution >= 4 is 23.3 Å². The Bertz CT molecular complexity index is 822. The standard InChI is InChI=1S/C16H36N.2C7H7NO2.2O.V/c1-5-9-13-17(14-10-6-2,15-11-7-3)16-12-8-4;2*8-6-4-2-1-3-5(6)7(9)10;;;/h5-16H2,1-4H3;2*1-4H,8H2,(H,9,10);;;/q+1;;;2*-2;/p-2. The topological polar surface area (TPSA) is 189 Å². The zero-order valence-corrected chi connectivity index (χ0v) is 26.0. The van der Waals surface area contributed by atoms with Crippen LogP contribution in [0.5, 0.6) is 0 Å². The van der Waals surface area contributed by atoms with Gasteiger partial charge < -0.3 is 46.7 Å². The van der Waals surface area contributed by atoms with E-state index in [4.69, 9.17) is 11.5 Å². The molecule has 0 atom stereocenters. The molecule has 0 fully saturated rings. The molecule has 10 heteroatoms. The van der Waals surface area contributed by atoms with Gasteiger partial charge in [0.15, 0.2) is 0 Å². The van der Waals surface area contributed by atoms with Crippen LogP contribution in [0.15, 0.2) is 48.5 Å². The van der Waals surface area contributed by atoms with Gasteiger partial charge in [-0.15, -0.1) is 0 Å². The Hall–Kier alpha value is -2.56. The number of unbranched alkanes of at least 4 members (excludes halogenated alkanes) is 4. The van der Waals surface area contributed by atoms with Crippen molar-refractivity contribution in [3.8, 4) is 0 Å². The summed E-state index contributed by atoms with van der Waals surface area (Å²) in [5.41, 5.74) is 11.2. The molecule has 229 valence electrons. The van der Waals surface area contributed by atoms with E-state index in [0.717, 1.165) is 0 Å². The Morgan fingerprint density at radius 1 is 0.600 bits per heavy atom. The van der Waals surface area contributed by atoms with Gasteiger partial charge in [-0.3, -0.25) is 0 Å². The van der Waals surface area contributed by atoms with Gasteiger partial charge in [0.2, 0.25) is 0 Å². The average Bonchev–Trinajstić information content (AvgIpc) is 2.89. The largest absolute Gasteiger partial charge is 2.00 e. The summed E-state index contributed by atoms with van der Waals surface area (Å²) in [6.45, 7) is 15.0. The monoisotopic (exact) mass is 597 g/mol. The Morgan fingerprint density at radius 2 is 0.850 bits per heavy atom. The Balaban J connectivity index is -0.000000245. The molecule has 0 aliphatic carbocycles. The van der Waals surface area contributed by atoms with Gasteiger partial charge in [-0.2, -0.15) is 0 Å². The molecule has 2 aromatic carbocycles. The summed E-state index contributed by atoms with van der Waals surface area (Å²) >= 11 is 0. The molecule has 0 saturated heterocycles. The summed E-state index contributed by atoms with van der Waals surface area (Å²) in [7, 11) is 0. The minimum Gasteiger partial charge on any atom is -2.00 e. The maximum Gasteiger partial charge on any atom is 0.0786 e. The van der Waals surface area contributed by atoms with Crippen LogP contribution in [0.25, 0.3) is 0 Å². The first-order valence-corrected chi connectivity index (χ1v) is 13.6. The zero-order chi connectivity index (χ0) is 28.1. The van der Waals surface area contributed by atoms with Crippen LogP contribution in [0.4, 0.5) is 11.4 Å². The van der Waals surface area contributed by atoms with Gasteiger partial charge in [0.1, 0.15) is 0 Å². The zero-order valence-electron chi connectivity index (χ0n) is 24.6. The van der Waals surface area contributed by atoms with Crippen molar-refractivity contribution in [1.29, 1.82) is 0 Å². The minimum atomic E-state index is -1.24. The molecule has 0 unspecified atom stereocenters. The van der Waals surface area contributed by atoms with E-state index < -0.39 is 11.9 Å². The number of quaternary nitrogens is 1. The van der Waals surface area contributed by atoms with E-state index in [0.29, 0.717) is 0 Å². The average molecular weight is 598 g/mol. The fourth-order valence-corrected chi connectivity index (χ4v) is 4.01. The molecule has 0 aliphatic rings. The van der Waals surface area contributed by atoms with Crippen LogP contribution in [0, 0.1) is 0 Å². The Kier molecular flexibility index (Phi) is 29.6. The van der Waals surface area contributed by atoms with Gasteiger partial charge in [-0.25, -0.2) is 0 Å². The second-order valence-corrected chi connectivity index (χ2v) is 9.40. The molecule has 9 nitrogen and oxygen atoms in total. The molecule has 1 radical (unpaired) electrons. The van der Waals surface area contributed by atoms with Gasteiger partial charge in [0, 0.05) is 41.1 Å². The van der Waals surface area contributed by atoms with Crippen molar-refractivity contribution in [1.82, 2.24) is 0 Å². The summed E-state index contributed by atoms with van der Waals surface area (Å²) in [6, 6.07) is 12.4. The fraction of sp³-hybridized carbons (Fsp3) is 0.533. The van der Waals surface area contributed by atoms with E-state index in [1.54, 1.807) is 24.3 Å². The van der Waals surface area contributed by atoms with E-state index in [1.165, 1.54) is 106 Å². The van der Waals surface area contributed by atoms with E-state index in [1.807, 2.05) is 0 Å². The van der Waals surface area contributed by atoms with Crippen LogP contribution in [0.2, 0.25) is 0 Å². The molecule has 2 rings (SSSR count). The number of benzene rings is 2. The van der Waals surface area contributed by atoms with Gasteiger partial charge in [0.05, 0.1) is 38.1 Å². The first-order chi connectivity index (χ1) is 17.7. The number of hydrogen-bond acceptors (Lipinski definition) is 6. The number of nitrogen functional groups attached to an aromatic ring is 2. The SMILES string of the molecule is CCCC[N+](CCCC)(CCCC)CCCC.Nc1ccccc1C(=O)[O-].Nc1ccccc1C(=O)[O-].[O-2].[O-2].[V]. The summed E-state index contributed by atoms with van der Waals surface area (Å²) < 4.78 is 1.42. The molecule has 2 aromatic rings. The van der Waals surface area contributed by atoms with Crippen molar-refractivity contribution < 1.29 is 53.8 Å². The third-order valence-electron chi connectivity index (χ3n) is 6.31. The Labute approximate surface area is 253 Å². The van der Waals surface area contributed by atoms with Crippen molar-refractivity contribution in [3.05, 3.63) is 59.7 Å². The quantitative estimate of drug-likeness (QED) is 0.244. The number of nitrogens with two attached hydrogens (primary N) is 2. The van der Waals surface area contributed by atoms with Crippen molar-refractivity contribution in [2.75, 3.05) is 37.6 Å². The number of carboxylic acid groups (broad SMARTS) is 2. The van der Waals surface area contributed by atoms with E-state index in [-0.39, 0.29) is 52.0 Å². The van der Waals surface area contributed by atoms with Crippen LogP contribution in [-0.4, -0.2) is 42.6 Å². The van der Waals surface area contributed by atoms with Crippen molar-refractivity contribution in [2.45, 2.75) is 79.1 Å². The predicted octanol–water partition coefficient (Wildman–Crippen LogP) is 4.03. The molecule has 0 saturated carbocycles. The van der Waals surface area contributed by atoms with Gasteiger partial charge in [-0.05, 0) is 37.8 Å². The van der Waals surface area contributed by atoms with Crippen LogP contribution >= 0.6 is 0 Å². The molecule has 40 heavy (non-hydrogen) atoms. The number of nitrogens with zero attached hydrogens (tertiary/aromatic N) is 1. The summed E-state index contributed by atoms with van der Waals surface area (Å²) in [6.07, 6.45) is 11.1. The molecule has 0 aliphatic heterocycles. The van der Waals surface area contributed by atoms with Gasteiger partial charge in [-0.1, -0.05) is 89.8 Å². The number of para-hydroxylation sites is 2. The number of carboxylic acids is 2. The maximum atomic E-state index is 10.2. The van der Waals surface area contributed by atoms with Gasteiger partial charge >= 0.3 is 0 Å². The number of carbonyl (C=O) groups is 2. The first kappa shape index (κ1) is 44.5. The Morgan fingerprint density at radius 3 is 1.02 bits per heavy atom. The maximum absolute atomic E-state index is 10.2. The van der Waals surface area contributed by atoms with Crippen molar-refractivity contribution in [3.63, 3.8) is 0 Å². The first-order valence-electron chi connectivity index (χ1n) is 13.6. The van der Waals surface area contributed by atoms with Crippen LogP contribution in [-0.2, 0) is 29.5 Å². The minimum absolute atomic E-state index is 0.